The number of anilines is 6. The summed E-state index contributed by atoms with van der Waals surface area (Å²) in [4.78, 5) is 59.1. The highest BCUT2D eigenvalue weighted by Gasteiger charge is 2.51. The Hall–Kier alpha value is -3.58. The molecule has 4 saturated heterocycles. The number of aliphatic hydroxyl groups is 2. The minimum Gasteiger partial charge on any atom is -0.395 e. The maximum Gasteiger partial charge on any atom is 0.232 e. The molecule has 0 amide bonds. The summed E-state index contributed by atoms with van der Waals surface area (Å²) >= 11 is 0. The van der Waals surface area contributed by atoms with Crippen LogP contribution in [0, 0.1) is 11.8 Å². The van der Waals surface area contributed by atoms with Gasteiger partial charge in [0.25, 0.3) is 0 Å². The van der Waals surface area contributed by atoms with Crippen LogP contribution in [-0.4, -0.2) is 198 Å². The Morgan fingerprint density at radius 3 is 0.872 bits per heavy atom. The molecule has 22 nitrogen and oxygen atoms in total. The molecular weight excluding hydrogens is 1090 g/mol. The first-order valence-electron chi connectivity index (χ1n) is 32.9. The van der Waals surface area contributed by atoms with E-state index in [2.05, 4.69) is 162 Å². The lowest BCUT2D eigenvalue weighted by molar-refractivity contribution is -0.272. The number of nitrogens with zero attached hydrogens (tertiary/aromatic N) is 12. The van der Waals surface area contributed by atoms with Gasteiger partial charge in [0.05, 0.1) is 41.7 Å². The molecule has 0 aliphatic carbocycles. The Balaban J connectivity index is 1.18. The number of piperidine rings is 4. The van der Waals surface area contributed by atoms with Gasteiger partial charge in [0.15, 0.2) is 0 Å². The average Bonchev–Trinajstić information content (AvgIpc) is 1.33. The topological polar surface area (TPSA) is 222 Å². The largest absolute Gasteiger partial charge is 0.395 e. The fraction of sp³-hybridized carbons (Fsp3) is 0.906. The van der Waals surface area contributed by atoms with Crippen LogP contribution in [0.5, 0.6) is 0 Å². The second kappa shape index (κ2) is 30.0. The van der Waals surface area contributed by atoms with Crippen molar-refractivity contribution in [2.24, 2.45) is 11.8 Å². The highest BCUT2D eigenvalue weighted by molar-refractivity contribution is 5.46. The van der Waals surface area contributed by atoms with Crippen molar-refractivity contribution in [3.63, 3.8) is 0 Å². The van der Waals surface area contributed by atoms with Crippen LogP contribution >= 0.6 is 0 Å². The minimum atomic E-state index is -0.266. The van der Waals surface area contributed by atoms with E-state index in [0.717, 1.165) is 142 Å². The van der Waals surface area contributed by atoms with Gasteiger partial charge in [0.2, 0.25) is 35.7 Å². The van der Waals surface area contributed by atoms with Crippen molar-refractivity contribution in [2.75, 3.05) is 112 Å². The van der Waals surface area contributed by atoms with Crippen LogP contribution in [0.25, 0.3) is 0 Å². The highest BCUT2D eigenvalue weighted by Crippen LogP contribution is 2.46. The van der Waals surface area contributed by atoms with E-state index in [1.54, 1.807) is 28.4 Å². The Morgan fingerprint density at radius 2 is 0.616 bits per heavy atom. The van der Waals surface area contributed by atoms with E-state index in [9.17, 15) is 10.2 Å². The van der Waals surface area contributed by atoms with E-state index in [0.29, 0.717) is 60.6 Å². The molecule has 494 valence electrons. The maximum absolute atomic E-state index is 9.92. The van der Waals surface area contributed by atoms with Gasteiger partial charge in [-0.2, -0.15) is 50.2 Å². The van der Waals surface area contributed by atoms with Crippen LogP contribution in [0.1, 0.15) is 226 Å². The van der Waals surface area contributed by atoms with Crippen molar-refractivity contribution in [2.45, 2.75) is 283 Å². The number of hydrogen-bond donors (Lipinski definition) is 6. The van der Waals surface area contributed by atoms with Crippen LogP contribution in [-0.2, 0) is 19.4 Å². The zero-order chi connectivity index (χ0) is 63.5. The van der Waals surface area contributed by atoms with E-state index in [1.807, 2.05) is 0 Å². The third-order valence-corrected chi connectivity index (χ3v) is 18.8. The number of aliphatic hydroxyl groups excluding tert-OH is 2. The lowest BCUT2D eigenvalue weighted by Crippen LogP contribution is -2.64. The van der Waals surface area contributed by atoms with Gasteiger partial charge < -0.3 is 60.6 Å². The van der Waals surface area contributed by atoms with Gasteiger partial charge in [0.1, 0.15) is 0 Å². The quantitative estimate of drug-likeness (QED) is 0.0366. The lowest BCUT2D eigenvalue weighted by atomic mass is 9.73. The minimum absolute atomic E-state index is 0.0302. The maximum atomic E-state index is 9.92. The number of hydroxylamine groups is 8. The first-order chi connectivity index (χ1) is 40.3. The number of rotatable bonds is 33. The summed E-state index contributed by atoms with van der Waals surface area (Å²) in [6.07, 6.45) is 18.2. The number of hydrogen-bond acceptors (Lipinski definition) is 22. The monoisotopic (exact) mass is 1210 g/mol. The summed E-state index contributed by atoms with van der Waals surface area (Å²) in [6, 6.07) is 0.232. The number of unbranched alkanes of at least 4 members (excludes halogenated alkanes) is 5. The molecule has 4 aliphatic rings. The van der Waals surface area contributed by atoms with Crippen molar-refractivity contribution in [1.82, 2.24) is 50.2 Å². The van der Waals surface area contributed by atoms with Gasteiger partial charge in [-0.25, -0.2) is 0 Å². The van der Waals surface area contributed by atoms with E-state index < -0.39 is 0 Å². The van der Waals surface area contributed by atoms with Gasteiger partial charge in [-0.15, -0.1) is 0 Å². The molecule has 6 rings (SSSR count). The van der Waals surface area contributed by atoms with Crippen molar-refractivity contribution < 1.29 is 29.6 Å². The summed E-state index contributed by atoms with van der Waals surface area (Å²) in [5.74, 6) is 4.52. The summed E-state index contributed by atoms with van der Waals surface area (Å²) in [5.41, 5.74) is -1.19. The van der Waals surface area contributed by atoms with E-state index >= 15 is 0 Å². The van der Waals surface area contributed by atoms with Crippen LogP contribution in [0.15, 0.2) is 0 Å². The van der Waals surface area contributed by atoms with Crippen LogP contribution in [0.4, 0.5) is 35.7 Å². The van der Waals surface area contributed by atoms with Crippen molar-refractivity contribution in [3.8, 4) is 0 Å². The Morgan fingerprint density at radius 1 is 0.360 bits per heavy atom. The Labute approximate surface area is 520 Å². The predicted molar refractivity (Wildman–Crippen MR) is 348 cm³/mol. The summed E-state index contributed by atoms with van der Waals surface area (Å²) in [7, 11) is 7.15. The van der Waals surface area contributed by atoms with Crippen molar-refractivity contribution >= 4 is 35.7 Å². The van der Waals surface area contributed by atoms with Gasteiger partial charge in [-0.3, -0.25) is 0 Å². The number of aromatic nitrogens is 6. The molecule has 0 bridgehead atoms. The molecule has 4 fully saturated rings. The van der Waals surface area contributed by atoms with Gasteiger partial charge in [-0.1, -0.05) is 38.5 Å². The second-order valence-electron chi connectivity index (χ2n) is 30.6. The summed E-state index contributed by atoms with van der Waals surface area (Å²) in [6.45, 7) is 40.1. The van der Waals surface area contributed by atoms with Crippen molar-refractivity contribution in [1.29, 1.82) is 0 Å². The zero-order valence-electron chi connectivity index (χ0n) is 57.6. The summed E-state index contributed by atoms with van der Waals surface area (Å²) < 4.78 is 0. The van der Waals surface area contributed by atoms with Gasteiger partial charge in [-0.05, 0) is 200 Å². The lowest BCUT2D eigenvalue weighted by Gasteiger charge is -2.55. The molecular formula is C64H122N16O6. The third-order valence-electron chi connectivity index (χ3n) is 18.8. The predicted octanol–water partition coefficient (Wildman–Crippen LogP) is 10.7. The molecule has 4 aliphatic heterocycles. The Kier molecular flexibility index (Phi) is 25.0. The molecule has 0 unspecified atom stereocenters. The molecule has 86 heavy (non-hydrogen) atoms. The average molecular weight is 1210 g/mol. The molecule has 6 N–H and O–H groups in total. The smallest absolute Gasteiger partial charge is 0.232 e. The van der Waals surface area contributed by atoms with Gasteiger partial charge in [0, 0.05) is 95.7 Å². The normalized spacial score (nSPS) is 22.6. The molecule has 0 spiro atoms. The van der Waals surface area contributed by atoms with Crippen LogP contribution < -0.4 is 31.1 Å². The summed E-state index contributed by atoms with van der Waals surface area (Å²) in [5, 5.41) is 42.3. The third kappa shape index (κ3) is 18.5. The van der Waals surface area contributed by atoms with E-state index in [-0.39, 0.29) is 69.6 Å². The van der Waals surface area contributed by atoms with E-state index in [4.69, 9.17) is 49.3 Å². The van der Waals surface area contributed by atoms with Gasteiger partial charge >= 0.3 is 0 Å². The second-order valence-corrected chi connectivity index (χ2v) is 30.6. The molecule has 0 radical (unpaired) electrons. The van der Waals surface area contributed by atoms with Crippen LogP contribution in [0.3, 0.4) is 0 Å². The first kappa shape index (κ1) is 71.5. The Bertz CT molecular complexity index is 2160. The standard InChI is InChI=1S/C64H122N16O6/c1-57(2)39-47(40-58(3,4)77(57)83-17)29-23-25-31-65-51-69-53(67-33-37-81)73-55(71-51)75(49-43-61(9,10)79(85-19)62(11,12)44-49)35-27-21-22-28-36-76(50-45-63(13,14)80(86-20)64(15,16)46-50)56-72-52(70-54(74-56)68-34-38-82)66-32-26-24-30-48-41-59(5,6)78(84-18)60(7,8)42-48/h47-50,81-82H,21-46H2,1-20H3,(H2,65,67,69,71,73)(H2,66,68,70,72,74). The SMILES string of the molecule is CON1C(C)(C)CC(CCCCNc2nc(NCCO)nc(N(CCCCCCN(c3nc(NCCO)nc(NCCCCC4CC(C)(C)N(OC)C(C)(C)C4)n3)C3CC(C)(C)N(OC)C(C)(C)C3)C3CC(C)(C)N(OC)C(C)(C)C3)n2)CC1(C)C. The molecule has 0 saturated carbocycles. The van der Waals surface area contributed by atoms with E-state index in [1.165, 1.54) is 0 Å². The highest BCUT2D eigenvalue weighted by atomic mass is 16.7. The fourth-order valence-electron chi connectivity index (χ4n) is 17.2. The first-order valence-corrected chi connectivity index (χ1v) is 32.9. The molecule has 22 heteroatoms. The molecule has 6 heterocycles. The van der Waals surface area contributed by atoms with Crippen LogP contribution in [0.2, 0.25) is 0 Å². The molecule has 0 atom stereocenters. The fourth-order valence-corrected chi connectivity index (χ4v) is 17.2. The molecule has 2 aromatic rings. The zero-order valence-corrected chi connectivity index (χ0v) is 57.6. The molecule has 0 aromatic carbocycles. The number of nitrogens with one attached hydrogen (secondary N) is 4. The van der Waals surface area contributed by atoms with Crippen molar-refractivity contribution in [3.05, 3.63) is 0 Å². The molecule has 2 aromatic heterocycles.